The Bertz CT molecular complexity index is 1050. The molecule has 1 aromatic carbocycles. The van der Waals surface area contributed by atoms with Crippen molar-refractivity contribution in [1.82, 2.24) is 19.9 Å². The molecular formula is C26H29N5O. The van der Waals surface area contributed by atoms with E-state index < -0.39 is 0 Å². The van der Waals surface area contributed by atoms with E-state index in [0.29, 0.717) is 12.5 Å². The van der Waals surface area contributed by atoms with E-state index in [-0.39, 0.29) is 11.8 Å². The Hall–Kier alpha value is -3.28. The fourth-order valence-electron chi connectivity index (χ4n) is 4.87. The number of nitrogens with zero attached hydrogens (tertiary/aromatic N) is 4. The standard InChI is InChI=1S/C26H29N5O/c32-26(20-7-4-5-8-20)31-16-6-9-21(18-31)25-29-23(19-12-14-27-15-13-19)17-24(30-25)28-22-10-2-1-3-11-22/h1-3,10-15,17,20-21H,4-9,16,18H2,(H,28,29,30)/t21-/m0/s1. The van der Waals surface area contributed by atoms with Crippen LogP contribution in [0.4, 0.5) is 11.5 Å². The second-order valence-electron chi connectivity index (χ2n) is 8.83. The maximum absolute atomic E-state index is 13.0. The van der Waals surface area contributed by atoms with Crippen LogP contribution in [-0.4, -0.2) is 38.8 Å². The molecule has 0 unspecified atom stereocenters. The predicted octanol–water partition coefficient (Wildman–Crippen LogP) is 5.18. The zero-order valence-corrected chi connectivity index (χ0v) is 18.3. The van der Waals surface area contributed by atoms with Gasteiger partial charge in [0.15, 0.2) is 0 Å². The molecule has 0 radical (unpaired) electrons. The first kappa shape index (κ1) is 20.6. The van der Waals surface area contributed by atoms with E-state index in [9.17, 15) is 4.79 Å². The summed E-state index contributed by atoms with van der Waals surface area (Å²) in [5.41, 5.74) is 2.86. The minimum atomic E-state index is 0.146. The molecule has 5 rings (SSSR count). The number of anilines is 2. The number of aromatic nitrogens is 3. The van der Waals surface area contributed by atoms with Gasteiger partial charge in [0.2, 0.25) is 5.91 Å². The van der Waals surface area contributed by atoms with E-state index >= 15 is 0 Å². The molecule has 1 aliphatic heterocycles. The first-order chi connectivity index (χ1) is 15.8. The minimum Gasteiger partial charge on any atom is -0.342 e. The van der Waals surface area contributed by atoms with Crippen LogP contribution in [0.15, 0.2) is 60.9 Å². The summed E-state index contributed by atoms with van der Waals surface area (Å²) in [6.45, 7) is 1.56. The summed E-state index contributed by atoms with van der Waals surface area (Å²) < 4.78 is 0. The predicted molar refractivity (Wildman–Crippen MR) is 126 cm³/mol. The third-order valence-electron chi connectivity index (χ3n) is 6.57. The van der Waals surface area contributed by atoms with Gasteiger partial charge in [0.1, 0.15) is 11.6 Å². The van der Waals surface area contributed by atoms with E-state index in [1.54, 1.807) is 12.4 Å². The van der Waals surface area contributed by atoms with E-state index in [2.05, 4.69) is 15.2 Å². The van der Waals surface area contributed by atoms with Gasteiger partial charge in [-0.1, -0.05) is 31.0 Å². The normalized spacial score (nSPS) is 19.1. The molecule has 1 saturated carbocycles. The highest BCUT2D eigenvalue weighted by Gasteiger charge is 2.32. The van der Waals surface area contributed by atoms with Crippen molar-refractivity contribution in [3.05, 3.63) is 66.7 Å². The number of carbonyl (C=O) groups is 1. The molecule has 6 heteroatoms. The van der Waals surface area contributed by atoms with Crippen LogP contribution in [0.5, 0.6) is 0 Å². The molecule has 2 fully saturated rings. The van der Waals surface area contributed by atoms with Gasteiger partial charge in [-0.15, -0.1) is 0 Å². The van der Waals surface area contributed by atoms with Gasteiger partial charge < -0.3 is 10.2 Å². The summed E-state index contributed by atoms with van der Waals surface area (Å²) in [6.07, 6.45) is 10.00. The maximum atomic E-state index is 13.0. The van der Waals surface area contributed by atoms with Crippen molar-refractivity contribution in [2.45, 2.75) is 44.4 Å². The average Bonchev–Trinajstić information content (AvgIpc) is 3.40. The quantitative estimate of drug-likeness (QED) is 0.608. The van der Waals surface area contributed by atoms with Crippen LogP contribution in [0.25, 0.3) is 11.3 Å². The Balaban J connectivity index is 1.44. The van der Waals surface area contributed by atoms with Gasteiger partial charge in [-0.25, -0.2) is 9.97 Å². The molecule has 3 heterocycles. The van der Waals surface area contributed by atoms with Gasteiger partial charge in [-0.3, -0.25) is 9.78 Å². The van der Waals surface area contributed by atoms with Gasteiger partial charge in [0, 0.05) is 54.6 Å². The first-order valence-electron chi connectivity index (χ1n) is 11.7. The van der Waals surface area contributed by atoms with Crippen LogP contribution in [0.3, 0.4) is 0 Å². The Labute approximate surface area is 189 Å². The third-order valence-corrected chi connectivity index (χ3v) is 6.57. The van der Waals surface area contributed by atoms with Crippen molar-refractivity contribution >= 4 is 17.4 Å². The summed E-state index contributed by atoms with van der Waals surface area (Å²) in [5, 5.41) is 3.43. The zero-order valence-electron chi connectivity index (χ0n) is 18.3. The SMILES string of the molecule is O=C(C1CCCC1)N1CCC[C@H](c2nc(Nc3ccccc3)cc(-c3ccncc3)n2)C1. The van der Waals surface area contributed by atoms with E-state index in [0.717, 1.165) is 60.8 Å². The van der Waals surface area contributed by atoms with Crippen molar-refractivity contribution in [3.8, 4) is 11.3 Å². The van der Waals surface area contributed by atoms with Gasteiger partial charge in [0.05, 0.1) is 5.69 Å². The third kappa shape index (κ3) is 4.64. The molecule has 1 N–H and O–H groups in total. The molecule has 1 aliphatic carbocycles. The largest absolute Gasteiger partial charge is 0.342 e. The van der Waals surface area contributed by atoms with E-state index in [1.165, 1.54) is 12.8 Å². The zero-order chi connectivity index (χ0) is 21.8. The number of pyridine rings is 1. The highest BCUT2D eigenvalue weighted by Crippen LogP contribution is 2.32. The molecule has 1 saturated heterocycles. The Morgan fingerprint density at radius 2 is 1.72 bits per heavy atom. The number of likely N-dealkylation sites (tertiary alicyclic amines) is 1. The number of para-hydroxylation sites is 1. The summed E-state index contributed by atoms with van der Waals surface area (Å²) in [4.78, 5) is 29.1. The summed E-state index contributed by atoms with van der Waals surface area (Å²) in [7, 11) is 0. The molecule has 0 spiro atoms. The topological polar surface area (TPSA) is 71.0 Å². The second-order valence-corrected chi connectivity index (χ2v) is 8.83. The molecule has 2 aromatic heterocycles. The smallest absolute Gasteiger partial charge is 0.225 e. The van der Waals surface area contributed by atoms with Crippen LogP contribution in [0.1, 0.15) is 50.3 Å². The fraction of sp³-hybridized carbons (Fsp3) is 0.385. The lowest BCUT2D eigenvalue weighted by molar-refractivity contribution is -0.136. The van der Waals surface area contributed by atoms with E-state index in [1.807, 2.05) is 48.5 Å². The molecule has 1 amide bonds. The minimum absolute atomic E-state index is 0.146. The van der Waals surface area contributed by atoms with E-state index in [4.69, 9.17) is 9.97 Å². The Morgan fingerprint density at radius 3 is 2.50 bits per heavy atom. The average molecular weight is 428 g/mol. The summed E-state index contributed by atoms with van der Waals surface area (Å²) in [5.74, 6) is 2.27. The van der Waals surface area contributed by atoms with Gasteiger partial charge in [0.25, 0.3) is 0 Å². The van der Waals surface area contributed by atoms with Crippen molar-refractivity contribution in [1.29, 1.82) is 0 Å². The molecule has 6 nitrogen and oxygen atoms in total. The Morgan fingerprint density at radius 1 is 0.938 bits per heavy atom. The number of hydrogen-bond acceptors (Lipinski definition) is 5. The van der Waals surface area contributed by atoms with Gasteiger partial charge in [-0.2, -0.15) is 0 Å². The maximum Gasteiger partial charge on any atom is 0.225 e. The van der Waals surface area contributed by atoms with Crippen molar-refractivity contribution < 1.29 is 4.79 Å². The molecule has 0 bridgehead atoms. The highest BCUT2D eigenvalue weighted by molar-refractivity contribution is 5.79. The first-order valence-corrected chi connectivity index (χ1v) is 11.7. The van der Waals surface area contributed by atoms with Gasteiger partial charge in [-0.05, 0) is 49.9 Å². The molecule has 164 valence electrons. The van der Waals surface area contributed by atoms with Crippen molar-refractivity contribution in [2.75, 3.05) is 18.4 Å². The van der Waals surface area contributed by atoms with Crippen LogP contribution in [0.2, 0.25) is 0 Å². The van der Waals surface area contributed by atoms with Crippen LogP contribution >= 0.6 is 0 Å². The lowest BCUT2D eigenvalue weighted by Gasteiger charge is -2.34. The Kier molecular flexibility index (Phi) is 6.10. The molecule has 32 heavy (non-hydrogen) atoms. The van der Waals surface area contributed by atoms with Crippen LogP contribution in [-0.2, 0) is 4.79 Å². The highest BCUT2D eigenvalue weighted by atomic mass is 16.2. The van der Waals surface area contributed by atoms with Crippen LogP contribution in [0, 0.1) is 5.92 Å². The number of piperidine rings is 1. The number of benzene rings is 1. The number of hydrogen-bond donors (Lipinski definition) is 1. The molecule has 3 aromatic rings. The number of carbonyl (C=O) groups excluding carboxylic acids is 1. The molecule has 2 aliphatic rings. The molecule has 1 atom stereocenters. The summed E-state index contributed by atoms with van der Waals surface area (Å²) >= 11 is 0. The fourth-order valence-corrected chi connectivity index (χ4v) is 4.87. The number of rotatable bonds is 5. The number of nitrogens with one attached hydrogen (secondary N) is 1. The second kappa shape index (κ2) is 9.47. The van der Waals surface area contributed by atoms with Crippen molar-refractivity contribution in [3.63, 3.8) is 0 Å². The molecular weight excluding hydrogens is 398 g/mol. The summed E-state index contributed by atoms with van der Waals surface area (Å²) in [6, 6.07) is 16.0. The van der Waals surface area contributed by atoms with Crippen molar-refractivity contribution in [2.24, 2.45) is 5.92 Å². The number of amides is 1. The van der Waals surface area contributed by atoms with Gasteiger partial charge >= 0.3 is 0 Å². The lowest BCUT2D eigenvalue weighted by Crippen LogP contribution is -2.42. The lowest BCUT2D eigenvalue weighted by atomic mass is 9.95. The monoisotopic (exact) mass is 427 g/mol. The van der Waals surface area contributed by atoms with Crippen LogP contribution < -0.4 is 5.32 Å².